The van der Waals surface area contributed by atoms with Gasteiger partial charge in [-0.1, -0.05) is 18.5 Å². The molecule has 0 saturated heterocycles. The Balaban J connectivity index is 3.31. The molecule has 0 fully saturated rings. The van der Waals surface area contributed by atoms with Crippen molar-refractivity contribution >= 4 is 31.3 Å². The molecule has 0 saturated carbocycles. The molecule has 0 aliphatic carbocycles. The summed E-state index contributed by atoms with van der Waals surface area (Å²) in [6.45, 7) is 1.94. The minimum atomic E-state index is -3.62. The predicted octanol–water partition coefficient (Wildman–Crippen LogP) is 2.98. The number of methoxy groups -OCH3 is 1. The zero-order chi connectivity index (χ0) is 12.3. The van der Waals surface area contributed by atoms with E-state index in [1.165, 1.54) is 7.11 Å². The molecule has 0 amide bonds. The van der Waals surface area contributed by atoms with Crippen molar-refractivity contribution in [1.82, 2.24) is 0 Å². The Hall–Kier alpha value is -0.450. The Bertz CT molecular complexity index is 483. The van der Waals surface area contributed by atoms with Crippen LogP contribution in [0.25, 0.3) is 0 Å². The molecule has 0 spiro atoms. The number of hydrogen-bond acceptors (Lipinski definition) is 3. The van der Waals surface area contributed by atoms with E-state index in [2.05, 4.69) is 0 Å². The van der Waals surface area contributed by atoms with Crippen LogP contribution in [0.5, 0.6) is 5.75 Å². The van der Waals surface area contributed by atoms with E-state index in [1.807, 2.05) is 6.92 Å². The number of benzene rings is 1. The lowest BCUT2D eigenvalue weighted by molar-refractivity contribution is 0.406. The number of aryl methyl sites for hydroxylation is 1. The van der Waals surface area contributed by atoms with Gasteiger partial charge in [0.25, 0.3) is 0 Å². The van der Waals surface area contributed by atoms with Crippen LogP contribution in [0.4, 0.5) is 0 Å². The maximum atomic E-state index is 11.0. The fourth-order valence-electron chi connectivity index (χ4n) is 1.53. The molecule has 1 aromatic rings. The minimum Gasteiger partial charge on any atom is -0.496 e. The van der Waals surface area contributed by atoms with Crippen LogP contribution in [0.15, 0.2) is 12.1 Å². The topological polar surface area (TPSA) is 43.4 Å². The Kier molecular flexibility index (Phi) is 4.47. The molecule has 3 nitrogen and oxygen atoms in total. The summed E-state index contributed by atoms with van der Waals surface area (Å²) >= 11 is 5.89. The number of halogens is 2. The molecule has 0 aliphatic heterocycles. The SMILES string of the molecule is CCc1cc(Cl)cc(CS(=O)(=O)Cl)c1OC. The van der Waals surface area contributed by atoms with E-state index in [-0.39, 0.29) is 5.75 Å². The van der Waals surface area contributed by atoms with E-state index in [1.54, 1.807) is 12.1 Å². The highest BCUT2D eigenvalue weighted by Crippen LogP contribution is 2.30. The first kappa shape index (κ1) is 13.6. The predicted molar refractivity (Wildman–Crippen MR) is 65.9 cm³/mol. The third kappa shape index (κ3) is 3.54. The van der Waals surface area contributed by atoms with Crippen molar-refractivity contribution in [3.05, 3.63) is 28.3 Å². The average molecular weight is 283 g/mol. The molecule has 0 radical (unpaired) electrons. The molecule has 1 rings (SSSR count). The van der Waals surface area contributed by atoms with Crippen LogP contribution in [0.1, 0.15) is 18.1 Å². The third-order valence-corrected chi connectivity index (χ3v) is 3.32. The molecule has 0 bridgehead atoms. The zero-order valence-corrected chi connectivity index (χ0v) is 11.3. The quantitative estimate of drug-likeness (QED) is 0.798. The van der Waals surface area contributed by atoms with Gasteiger partial charge in [-0.15, -0.1) is 0 Å². The zero-order valence-electron chi connectivity index (χ0n) is 8.96. The summed E-state index contributed by atoms with van der Waals surface area (Å²) in [5.74, 6) is 0.252. The highest BCUT2D eigenvalue weighted by atomic mass is 35.7. The van der Waals surface area contributed by atoms with Crippen molar-refractivity contribution in [2.75, 3.05) is 7.11 Å². The summed E-state index contributed by atoms with van der Waals surface area (Å²) in [5, 5.41) is 0.480. The van der Waals surface area contributed by atoms with Gasteiger partial charge in [-0.2, -0.15) is 0 Å². The largest absolute Gasteiger partial charge is 0.496 e. The first-order valence-corrected chi connectivity index (χ1v) is 7.50. The van der Waals surface area contributed by atoms with Gasteiger partial charge in [-0.3, -0.25) is 0 Å². The molecule has 0 aromatic heterocycles. The monoisotopic (exact) mass is 282 g/mol. The Morgan fingerprint density at radius 3 is 2.31 bits per heavy atom. The van der Waals surface area contributed by atoms with Crippen molar-refractivity contribution in [3.8, 4) is 5.75 Å². The minimum absolute atomic E-state index is 0.286. The summed E-state index contributed by atoms with van der Waals surface area (Å²) in [6, 6.07) is 3.31. The Labute approximate surface area is 105 Å². The van der Waals surface area contributed by atoms with Gasteiger partial charge in [0, 0.05) is 21.3 Å². The van der Waals surface area contributed by atoms with Gasteiger partial charge >= 0.3 is 0 Å². The molecule has 1 aromatic carbocycles. The fourth-order valence-corrected chi connectivity index (χ4v) is 2.73. The Morgan fingerprint density at radius 1 is 1.31 bits per heavy atom. The molecule has 0 atom stereocenters. The molecular formula is C10H12Cl2O3S. The fraction of sp³-hybridized carbons (Fsp3) is 0.400. The second kappa shape index (κ2) is 5.25. The van der Waals surface area contributed by atoms with Crippen LogP contribution in [0.3, 0.4) is 0 Å². The lowest BCUT2D eigenvalue weighted by Gasteiger charge is -2.12. The van der Waals surface area contributed by atoms with Crippen LogP contribution in [0, 0.1) is 0 Å². The van der Waals surface area contributed by atoms with Gasteiger partial charge < -0.3 is 4.74 Å². The highest BCUT2D eigenvalue weighted by molar-refractivity contribution is 8.13. The smallest absolute Gasteiger partial charge is 0.236 e. The van der Waals surface area contributed by atoms with Gasteiger partial charge in [0.15, 0.2) is 0 Å². The van der Waals surface area contributed by atoms with Gasteiger partial charge in [-0.05, 0) is 24.1 Å². The average Bonchev–Trinajstić information content (AvgIpc) is 2.14. The summed E-state index contributed by atoms with van der Waals surface area (Å²) in [6.07, 6.45) is 0.707. The summed E-state index contributed by atoms with van der Waals surface area (Å²) in [7, 11) is 3.09. The van der Waals surface area contributed by atoms with Crippen molar-refractivity contribution in [1.29, 1.82) is 0 Å². The van der Waals surface area contributed by atoms with E-state index in [9.17, 15) is 8.42 Å². The van der Waals surface area contributed by atoms with Crippen LogP contribution >= 0.6 is 22.3 Å². The first-order valence-electron chi connectivity index (χ1n) is 4.65. The standard InChI is InChI=1S/C10H12Cl2O3S/c1-3-7-4-9(11)5-8(10(7)15-2)6-16(12,13)14/h4-5H,3,6H2,1-2H3. The van der Waals surface area contributed by atoms with Crippen LogP contribution in [-0.4, -0.2) is 15.5 Å². The number of hydrogen-bond donors (Lipinski definition) is 0. The second-order valence-corrected chi connectivity index (χ2v) is 6.51. The highest BCUT2D eigenvalue weighted by Gasteiger charge is 2.15. The number of ether oxygens (including phenoxy) is 1. The van der Waals surface area contributed by atoms with Crippen molar-refractivity contribution < 1.29 is 13.2 Å². The first-order chi connectivity index (χ1) is 7.37. The molecular weight excluding hydrogens is 271 g/mol. The summed E-state index contributed by atoms with van der Waals surface area (Å²) in [5.41, 5.74) is 1.35. The van der Waals surface area contributed by atoms with Crippen LogP contribution in [-0.2, 0) is 21.2 Å². The molecule has 0 heterocycles. The lowest BCUT2D eigenvalue weighted by atomic mass is 10.1. The van der Waals surface area contributed by atoms with E-state index < -0.39 is 9.05 Å². The van der Waals surface area contributed by atoms with E-state index in [0.717, 1.165) is 5.56 Å². The molecule has 0 N–H and O–H groups in total. The molecule has 0 aliphatic rings. The van der Waals surface area contributed by atoms with Crippen LogP contribution < -0.4 is 4.74 Å². The van der Waals surface area contributed by atoms with Crippen molar-refractivity contribution in [2.24, 2.45) is 0 Å². The Morgan fingerprint density at radius 2 is 1.88 bits per heavy atom. The maximum Gasteiger partial charge on any atom is 0.236 e. The van der Waals surface area contributed by atoms with Gasteiger partial charge in [0.1, 0.15) is 5.75 Å². The molecule has 16 heavy (non-hydrogen) atoms. The van der Waals surface area contributed by atoms with E-state index in [4.69, 9.17) is 27.0 Å². The van der Waals surface area contributed by atoms with Crippen LogP contribution in [0.2, 0.25) is 5.02 Å². The molecule has 90 valence electrons. The number of rotatable bonds is 4. The molecule has 0 unspecified atom stereocenters. The summed E-state index contributed by atoms with van der Waals surface area (Å²) in [4.78, 5) is 0. The van der Waals surface area contributed by atoms with Crippen molar-refractivity contribution in [3.63, 3.8) is 0 Å². The second-order valence-electron chi connectivity index (χ2n) is 3.29. The third-order valence-electron chi connectivity index (χ3n) is 2.12. The summed E-state index contributed by atoms with van der Waals surface area (Å²) < 4.78 is 27.3. The van der Waals surface area contributed by atoms with Gasteiger partial charge in [0.05, 0.1) is 12.9 Å². The van der Waals surface area contributed by atoms with Gasteiger partial charge in [-0.25, -0.2) is 8.42 Å². The molecule has 6 heteroatoms. The van der Waals surface area contributed by atoms with E-state index in [0.29, 0.717) is 22.8 Å². The maximum absolute atomic E-state index is 11.0. The van der Waals surface area contributed by atoms with Crippen molar-refractivity contribution in [2.45, 2.75) is 19.1 Å². The van der Waals surface area contributed by atoms with E-state index >= 15 is 0 Å². The van der Waals surface area contributed by atoms with Gasteiger partial charge in [0.2, 0.25) is 9.05 Å². The normalized spacial score (nSPS) is 11.5. The lowest BCUT2D eigenvalue weighted by Crippen LogP contribution is -2.01.